The van der Waals surface area contributed by atoms with Gasteiger partial charge in [-0.15, -0.1) is 11.3 Å². The van der Waals surface area contributed by atoms with Gasteiger partial charge in [0.15, 0.2) is 0 Å². The number of H-pyrrole nitrogens is 1. The van der Waals surface area contributed by atoms with E-state index in [4.69, 9.17) is 4.84 Å². The zero-order valence-corrected chi connectivity index (χ0v) is 20.9. The summed E-state index contributed by atoms with van der Waals surface area (Å²) in [5, 5.41) is 12.3. The number of fused-ring (bicyclic) bond motifs is 2. The number of carbonyl (C=O) groups is 1. The number of aryl methyl sites for hydroxylation is 1. The number of aromatic amines is 1. The van der Waals surface area contributed by atoms with Crippen LogP contribution in [0.2, 0.25) is 0 Å². The van der Waals surface area contributed by atoms with Crippen LogP contribution in [-0.4, -0.2) is 49.5 Å². The Morgan fingerprint density at radius 1 is 1.29 bits per heavy atom. The van der Waals surface area contributed by atoms with Crippen LogP contribution in [0.4, 0.5) is 0 Å². The topological polar surface area (TPSA) is 110 Å². The summed E-state index contributed by atoms with van der Waals surface area (Å²) in [4.78, 5) is 50.1. The van der Waals surface area contributed by atoms with Crippen molar-refractivity contribution in [3.63, 3.8) is 0 Å². The largest absolute Gasteiger partial charge is 0.389 e. The lowest BCUT2D eigenvalue weighted by Gasteiger charge is -2.15. The molecule has 0 saturated carbocycles. The molecule has 4 aromatic rings. The molecule has 3 aromatic heterocycles. The molecule has 0 spiro atoms. The molecule has 1 amide bonds. The van der Waals surface area contributed by atoms with Crippen molar-refractivity contribution in [2.45, 2.75) is 39.8 Å². The van der Waals surface area contributed by atoms with Crippen molar-refractivity contribution in [1.29, 1.82) is 0 Å². The van der Waals surface area contributed by atoms with E-state index in [1.54, 1.807) is 4.57 Å². The van der Waals surface area contributed by atoms with E-state index in [-0.39, 0.29) is 30.0 Å². The van der Waals surface area contributed by atoms with Gasteiger partial charge in [-0.25, -0.2) is 9.86 Å². The number of hydrogen-bond donors (Lipinski definition) is 2. The lowest BCUT2D eigenvalue weighted by Crippen LogP contribution is -2.39. The molecule has 4 heterocycles. The third kappa shape index (κ3) is 3.91. The Labute approximate surface area is 205 Å². The number of hydrogen-bond acceptors (Lipinski definition) is 6. The van der Waals surface area contributed by atoms with Gasteiger partial charge in [-0.1, -0.05) is 32.0 Å². The molecule has 1 aromatic carbocycles. The van der Waals surface area contributed by atoms with Crippen molar-refractivity contribution in [2.24, 2.45) is 13.0 Å². The highest BCUT2D eigenvalue weighted by atomic mass is 32.1. The maximum absolute atomic E-state index is 13.7. The van der Waals surface area contributed by atoms with Crippen LogP contribution < -0.4 is 11.2 Å². The molecule has 1 aliphatic rings. The molecule has 1 fully saturated rings. The highest BCUT2D eigenvalue weighted by Crippen LogP contribution is 2.35. The smallest absolute Gasteiger partial charge is 0.331 e. The number of hydroxylamine groups is 2. The summed E-state index contributed by atoms with van der Waals surface area (Å²) in [5.74, 6) is -0.321. The predicted octanol–water partition coefficient (Wildman–Crippen LogP) is 2.55. The van der Waals surface area contributed by atoms with Crippen LogP contribution >= 0.6 is 11.3 Å². The van der Waals surface area contributed by atoms with Gasteiger partial charge in [0.25, 0.3) is 11.5 Å². The molecule has 1 atom stereocenters. The van der Waals surface area contributed by atoms with Gasteiger partial charge in [-0.05, 0) is 24.5 Å². The average molecular weight is 497 g/mol. The zero-order chi connectivity index (χ0) is 25.0. The molecule has 10 heteroatoms. The van der Waals surface area contributed by atoms with Crippen molar-refractivity contribution in [2.75, 3.05) is 13.2 Å². The number of nitrogens with zero attached hydrogens (tertiary/aromatic N) is 3. The molecule has 0 aliphatic carbocycles. The van der Waals surface area contributed by atoms with Crippen LogP contribution in [0.1, 0.15) is 40.3 Å². The second kappa shape index (κ2) is 8.78. The summed E-state index contributed by atoms with van der Waals surface area (Å²) in [5.41, 5.74) is 2.32. The zero-order valence-electron chi connectivity index (χ0n) is 20.1. The maximum atomic E-state index is 13.7. The summed E-state index contributed by atoms with van der Waals surface area (Å²) < 4.78 is 2.66. The van der Waals surface area contributed by atoms with Gasteiger partial charge in [0.05, 0.1) is 17.5 Å². The number of rotatable bonds is 5. The number of aromatic nitrogens is 3. The molecule has 35 heavy (non-hydrogen) atoms. The Bertz CT molecular complexity index is 1570. The average Bonchev–Trinajstić information content (AvgIpc) is 3.50. The number of carbonyl (C=O) groups excluding carboxylic acids is 1. The summed E-state index contributed by atoms with van der Waals surface area (Å²) in [6, 6.07) is 7.95. The highest BCUT2D eigenvalue weighted by Gasteiger charge is 2.33. The summed E-state index contributed by atoms with van der Waals surface area (Å²) in [7, 11) is 1.44. The molecule has 184 valence electrons. The molecule has 9 nitrogen and oxygen atoms in total. The molecule has 2 N–H and O–H groups in total. The fourth-order valence-electron chi connectivity index (χ4n) is 4.72. The first-order chi connectivity index (χ1) is 16.7. The Morgan fingerprint density at radius 2 is 2.03 bits per heavy atom. The fourth-order valence-corrected chi connectivity index (χ4v) is 6.01. The first kappa shape index (κ1) is 23.5. The number of aliphatic hydroxyl groups excluding tert-OH is 1. The summed E-state index contributed by atoms with van der Waals surface area (Å²) in [6.45, 7) is 6.44. The molecule has 0 unspecified atom stereocenters. The van der Waals surface area contributed by atoms with Gasteiger partial charge in [-0.2, -0.15) is 0 Å². The molecule has 0 radical (unpaired) electrons. The molecular weight excluding hydrogens is 468 g/mol. The predicted molar refractivity (Wildman–Crippen MR) is 135 cm³/mol. The minimum absolute atomic E-state index is 0.0146. The lowest BCUT2D eigenvalue weighted by molar-refractivity contribution is -0.0778. The van der Waals surface area contributed by atoms with Crippen LogP contribution in [0.3, 0.4) is 0 Å². The number of amides is 1. The first-order valence-corrected chi connectivity index (χ1v) is 12.4. The minimum atomic E-state index is -0.787. The van der Waals surface area contributed by atoms with Gasteiger partial charge >= 0.3 is 5.69 Å². The highest BCUT2D eigenvalue weighted by molar-refractivity contribution is 7.19. The van der Waals surface area contributed by atoms with Crippen LogP contribution in [0.15, 0.2) is 33.9 Å². The van der Waals surface area contributed by atoms with Gasteiger partial charge < -0.3 is 10.1 Å². The van der Waals surface area contributed by atoms with E-state index in [0.29, 0.717) is 22.7 Å². The monoisotopic (exact) mass is 496 g/mol. The van der Waals surface area contributed by atoms with Gasteiger partial charge in [-0.3, -0.25) is 23.6 Å². The number of benzene rings is 1. The number of nitrogens with one attached hydrogen (secondary N) is 1. The third-order valence-corrected chi connectivity index (χ3v) is 7.61. The SMILES string of the molecule is Cc1[nH]c2ccccc2c1Cc1sc2c(c1C(=O)N1C[C@H](O)CO1)c(=O)n(C)c(=O)n2CC(C)C. The number of thiophene rings is 1. The van der Waals surface area contributed by atoms with Crippen molar-refractivity contribution in [3.8, 4) is 0 Å². The van der Waals surface area contributed by atoms with Crippen LogP contribution in [0.25, 0.3) is 21.1 Å². The van der Waals surface area contributed by atoms with Crippen LogP contribution in [-0.2, 0) is 24.9 Å². The summed E-state index contributed by atoms with van der Waals surface area (Å²) >= 11 is 1.30. The van der Waals surface area contributed by atoms with Gasteiger partial charge in [0, 0.05) is 41.5 Å². The quantitative estimate of drug-likeness (QED) is 0.441. The second-order valence-electron chi connectivity index (χ2n) is 9.50. The van der Waals surface area contributed by atoms with Gasteiger partial charge in [0.1, 0.15) is 17.5 Å². The Balaban J connectivity index is 1.78. The Morgan fingerprint density at radius 3 is 2.71 bits per heavy atom. The Kier molecular flexibility index (Phi) is 5.90. The second-order valence-corrected chi connectivity index (χ2v) is 10.6. The molecular formula is C25H28N4O5S. The van der Waals surface area contributed by atoms with Crippen LogP contribution in [0, 0.1) is 12.8 Å². The van der Waals surface area contributed by atoms with Crippen LogP contribution in [0.5, 0.6) is 0 Å². The Hall–Kier alpha value is -3.21. The minimum Gasteiger partial charge on any atom is -0.389 e. The van der Waals surface area contributed by atoms with Crippen molar-refractivity contribution in [1.82, 2.24) is 19.2 Å². The van der Waals surface area contributed by atoms with E-state index in [1.165, 1.54) is 18.4 Å². The first-order valence-electron chi connectivity index (χ1n) is 11.6. The van der Waals surface area contributed by atoms with Crippen molar-refractivity contribution >= 4 is 38.4 Å². The third-order valence-electron chi connectivity index (χ3n) is 6.40. The number of β-amino-alcohol motifs (C(OH)–C–C–N with tert-alkyl or cyclic N) is 1. The molecule has 0 bridgehead atoms. The van der Waals surface area contributed by atoms with E-state index < -0.39 is 23.3 Å². The van der Waals surface area contributed by atoms with E-state index in [9.17, 15) is 19.5 Å². The van der Waals surface area contributed by atoms with E-state index >= 15 is 0 Å². The lowest BCUT2D eigenvalue weighted by atomic mass is 10.0. The molecule has 5 rings (SSSR count). The summed E-state index contributed by atoms with van der Waals surface area (Å²) in [6.07, 6.45) is -0.379. The number of para-hydroxylation sites is 1. The molecule has 1 aliphatic heterocycles. The normalized spacial score (nSPS) is 16.3. The van der Waals surface area contributed by atoms with Crippen molar-refractivity contribution in [3.05, 3.63) is 66.8 Å². The maximum Gasteiger partial charge on any atom is 0.331 e. The van der Waals surface area contributed by atoms with E-state index in [1.807, 2.05) is 45.0 Å². The fraction of sp³-hybridized carbons (Fsp3) is 0.400. The van der Waals surface area contributed by atoms with E-state index in [0.717, 1.165) is 31.8 Å². The van der Waals surface area contributed by atoms with E-state index in [2.05, 4.69) is 4.98 Å². The standard InChI is InChI=1S/C25H28N4O5S/c1-13(2)10-28-24-21(22(31)27(4)25(28)33)20(23(32)29-11-15(30)12-34-29)19(35-24)9-17-14(3)26-18-8-6-5-7-16(17)18/h5-8,13,15,26,30H,9-12H2,1-4H3/t15-/m0/s1. The van der Waals surface area contributed by atoms with Gasteiger partial charge in [0.2, 0.25) is 0 Å². The molecule has 1 saturated heterocycles. The van der Waals surface area contributed by atoms with Crippen molar-refractivity contribution < 1.29 is 14.7 Å². The number of aliphatic hydroxyl groups is 1.